The summed E-state index contributed by atoms with van der Waals surface area (Å²) in [4.78, 5) is 0. The Morgan fingerprint density at radius 1 is 1.06 bits per heavy atom. The van der Waals surface area contributed by atoms with Crippen molar-refractivity contribution in [3.63, 3.8) is 0 Å². The highest BCUT2D eigenvalue weighted by Gasteiger charge is 2.61. The van der Waals surface area contributed by atoms with Gasteiger partial charge in [0.15, 0.2) is 0 Å². The summed E-state index contributed by atoms with van der Waals surface area (Å²) in [5, 5.41) is 0. The Morgan fingerprint density at radius 3 is 2.00 bits per heavy atom. The third-order valence-electron chi connectivity index (χ3n) is 2.01. The van der Waals surface area contributed by atoms with E-state index in [1.165, 1.54) is 0 Å². The van der Waals surface area contributed by atoms with Crippen LogP contribution in [0.25, 0.3) is 0 Å². The first-order valence-electron chi connectivity index (χ1n) is 4.22. The van der Waals surface area contributed by atoms with Crippen LogP contribution in [-0.2, 0) is 0 Å². The molecule has 0 aromatic heterocycles. The minimum Gasteiger partial charge on any atom is -0.319 e. The third kappa shape index (κ3) is 2.92. The molecule has 0 amide bonds. The molecule has 2 N–H and O–H groups in total. The van der Waals surface area contributed by atoms with Crippen LogP contribution in [0.1, 0.15) is 11.6 Å². The summed E-state index contributed by atoms with van der Waals surface area (Å²) in [7, 11) is 0. The maximum Gasteiger partial charge on any atom is 0.455 e. The van der Waals surface area contributed by atoms with Gasteiger partial charge in [0.1, 0.15) is 11.9 Å². The van der Waals surface area contributed by atoms with E-state index in [1.807, 2.05) is 0 Å². The van der Waals surface area contributed by atoms with Crippen LogP contribution >= 0.6 is 15.9 Å². The van der Waals surface area contributed by atoms with E-state index >= 15 is 0 Å². The molecule has 1 rings (SSSR count). The van der Waals surface area contributed by atoms with E-state index in [9.17, 15) is 26.3 Å². The van der Waals surface area contributed by atoms with E-state index < -0.39 is 29.5 Å². The highest BCUT2D eigenvalue weighted by Crippen LogP contribution is 2.43. The van der Waals surface area contributed by atoms with Crippen molar-refractivity contribution >= 4 is 15.9 Å². The molecule has 0 aliphatic heterocycles. The Kier molecular flexibility index (Phi) is 3.78. The number of alkyl halides is 5. The molecule has 17 heavy (non-hydrogen) atoms. The lowest BCUT2D eigenvalue weighted by Gasteiger charge is -2.26. The highest BCUT2D eigenvalue weighted by molar-refractivity contribution is 9.10. The minimum atomic E-state index is -5.79. The summed E-state index contributed by atoms with van der Waals surface area (Å²) in [5.74, 6) is -6.08. The van der Waals surface area contributed by atoms with Crippen molar-refractivity contribution in [2.24, 2.45) is 5.73 Å². The Labute approximate surface area is 101 Å². The van der Waals surface area contributed by atoms with Crippen LogP contribution in [0.4, 0.5) is 26.3 Å². The first-order valence-corrected chi connectivity index (χ1v) is 5.01. The molecular formula is C9H6BrF6N. The van der Waals surface area contributed by atoms with Crippen molar-refractivity contribution < 1.29 is 26.3 Å². The summed E-state index contributed by atoms with van der Waals surface area (Å²) in [6.45, 7) is 0. The maximum atomic E-state index is 12.9. The van der Waals surface area contributed by atoms with Gasteiger partial charge in [-0.25, -0.2) is 4.39 Å². The van der Waals surface area contributed by atoms with Crippen molar-refractivity contribution in [1.82, 2.24) is 0 Å². The van der Waals surface area contributed by atoms with Crippen LogP contribution in [0.3, 0.4) is 0 Å². The van der Waals surface area contributed by atoms with Crippen LogP contribution in [0.15, 0.2) is 22.7 Å². The van der Waals surface area contributed by atoms with E-state index in [-0.39, 0.29) is 4.47 Å². The Morgan fingerprint density at radius 2 is 1.59 bits per heavy atom. The third-order valence-corrected chi connectivity index (χ3v) is 2.47. The predicted molar refractivity (Wildman–Crippen MR) is 52.0 cm³/mol. The normalized spacial score (nSPS) is 14.8. The van der Waals surface area contributed by atoms with Crippen LogP contribution in [0.5, 0.6) is 0 Å². The number of benzene rings is 1. The van der Waals surface area contributed by atoms with Gasteiger partial charge in [-0.05, 0) is 23.8 Å². The van der Waals surface area contributed by atoms with Crippen molar-refractivity contribution in [1.29, 1.82) is 0 Å². The van der Waals surface area contributed by atoms with Gasteiger partial charge in [-0.15, -0.1) is 0 Å². The second-order valence-electron chi connectivity index (χ2n) is 3.30. The fraction of sp³-hybridized carbons (Fsp3) is 0.333. The lowest BCUT2D eigenvalue weighted by atomic mass is 10.0. The molecule has 0 aliphatic carbocycles. The molecule has 0 radical (unpaired) electrons. The summed E-state index contributed by atoms with van der Waals surface area (Å²) >= 11 is 2.78. The average molecular weight is 322 g/mol. The van der Waals surface area contributed by atoms with Gasteiger partial charge < -0.3 is 5.73 Å². The van der Waals surface area contributed by atoms with E-state index in [2.05, 4.69) is 15.9 Å². The molecule has 0 saturated carbocycles. The van der Waals surface area contributed by atoms with Crippen LogP contribution in [0, 0.1) is 5.82 Å². The Balaban J connectivity index is 3.16. The zero-order valence-corrected chi connectivity index (χ0v) is 9.62. The fourth-order valence-electron chi connectivity index (χ4n) is 1.14. The van der Waals surface area contributed by atoms with E-state index in [0.717, 1.165) is 12.1 Å². The van der Waals surface area contributed by atoms with Gasteiger partial charge in [-0.2, -0.15) is 22.0 Å². The second kappa shape index (κ2) is 4.49. The van der Waals surface area contributed by atoms with Gasteiger partial charge in [0.2, 0.25) is 0 Å². The molecule has 0 unspecified atom stereocenters. The maximum absolute atomic E-state index is 12.9. The Hall–Kier alpha value is -0.760. The summed E-state index contributed by atoms with van der Waals surface area (Å²) in [5.41, 5.74) is 4.20. The largest absolute Gasteiger partial charge is 0.455 e. The summed E-state index contributed by atoms with van der Waals surface area (Å²) in [6, 6.07) is -0.292. The van der Waals surface area contributed by atoms with Crippen molar-refractivity contribution in [3.8, 4) is 0 Å². The summed E-state index contributed by atoms with van der Waals surface area (Å²) in [6.07, 6.45) is -5.79. The molecule has 0 bridgehead atoms. The number of halogens is 7. The van der Waals surface area contributed by atoms with Gasteiger partial charge in [-0.3, -0.25) is 0 Å². The molecule has 0 spiro atoms. The number of hydrogen-bond acceptors (Lipinski definition) is 1. The smallest absolute Gasteiger partial charge is 0.319 e. The highest BCUT2D eigenvalue weighted by atomic mass is 79.9. The van der Waals surface area contributed by atoms with E-state index in [4.69, 9.17) is 5.73 Å². The molecule has 0 aliphatic rings. The zero-order valence-electron chi connectivity index (χ0n) is 8.03. The molecule has 96 valence electrons. The number of nitrogens with two attached hydrogens (primary N) is 1. The van der Waals surface area contributed by atoms with Crippen LogP contribution in [0.2, 0.25) is 0 Å². The van der Waals surface area contributed by atoms with E-state index in [0.29, 0.717) is 6.07 Å². The van der Waals surface area contributed by atoms with Gasteiger partial charge in [0.05, 0.1) is 0 Å². The fourth-order valence-corrected chi connectivity index (χ4v) is 1.62. The molecule has 1 aromatic carbocycles. The molecule has 8 heteroatoms. The second-order valence-corrected chi connectivity index (χ2v) is 4.22. The van der Waals surface area contributed by atoms with Gasteiger partial charge in [-0.1, -0.05) is 15.9 Å². The monoisotopic (exact) mass is 321 g/mol. The minimum absolute atomic E-state index is 0.0286. The summed E-state index contributed by atoms with van der Waals surface area (Å²) < 4.78 is 74.8. The number of hydrogen-bond donors (Lipinski definition) is 1. The standard InChI is InChI=1S/C9H6BrF6N/c10-5-1-4(2-6(11)3-5)7(17)8(12,13)9(14,15)16/h1-3,7H,17H2/t7-/m0/s1. The van der Waals surface area contributed by atoms with Gasteiger partial charge in [0.25, 0.3) is 0 Å². The molecule has 0 fully saturated rings. The van der Waals surface area contributed by atoms with Crippen LogP contribution in [-0.4, -0.2) is 12.1 Å². The van der Waals surface area contributed by atoms with Crippen molar-refractivity contribution in [3.05, 3.63) is 34.1 Å². The molecule has 1 atom stereocenters. The predicted octanol–water partition coefficient (Wildman–Crippen LogP) is 3.79. The first-order chi connectivity index (χ1) is 7.55. The lowest BCUT2D eigenvalue weighted by molar-refractivity contribution is -0.291. The Bertz CT molecular complexity index is 396. The molecule has 0 heterocycles. The first kappa shape index (κ1) is 14.3. The van der Waals surface area contributed by atoms with Gasteiger partial charge in [0, 0.05) is 4.47 Å². The number of rotatable bonds is 2. The van der Waals surface area contributed by atoms with Crippen molar-refractivity contribution in [2.75, 3.05) is 0 Å². The van der Waals surface area contributed by atoms with Crippen molar-refractivity contribution in [2.45, 2.75) is 18.1 Å². The molecular weight excluding hydrogens is 316 g/mol. The lowest BCUT2D eigenvalue weighted by Crippen LogP contribution is -2.45. The molecule has 0 saturated heterocycles. The SMILES string of the molecule is N[C@@H](c1cc(F)cc(Br)c1)C(F)(F)C(F)(F)F. The van der Waals surface area contributed by atoms with Crippen LogP contribution < -0.4 is 5.73 Å². The molecule has 1 nitrogen and oxygen atoms in total. The quantitative estimate of drug-likeness (QED) is 0.824. The topological polar surface area (TPSA) is 26.0 Å². The van der Waals surface area contributed by atoms with E-state index in [1.54, 1.807) is 0 Å². The zero-order chi connectivity index (χ0) is 13.4. The average Bonchev–Trinajstić information content (AvgIpc) is 2.13. The molecule has 1 aromatic rings. The van der Waals surface area contributed by atoms with Gasteiger partial charge >= 0.3 is 12.1 Å².